The lowest BCUT2D eigenvalue weighted by Crippen LogP contribution is -2.26. The van der Waals surface area contributed by atoms with E-state index in [1.54, 1.807) is 35.0 Å². The topological polar surface area (TPSA) is 57.6 Å². The number of allylic oxidation sites excluding steroid dienone is 8. The standard InChI is InChI=1S/C66H52B2N6O/c1-66(48-20-4-2-5-21-48,49-22-6-3-7-23-49)50-36-43-71-64(44-50)74-60-31-9-8-26-54(60)55-35-34-53(46-63(55)74)75-52-25-16-24-51(45-52)72-47-73(62-33-11-10-32-61(62)72)65-56(58-29-18-41-69-39-14-12-37-67-58)27-17-28-57(65)59-30-19-42-70-40-15-13-38-68-59/h2-46,69-70H,47H2,1H3/b37-12-,38-13-,39-14-,40-15-,41-18-,42-19-,58-29-,59-30-/i8D,9D,16D,24D,25D,26D,31D. The SMILES string of the molecule is [2H]c1c(Oc2ccc3c4c([2H])c([2H])c([2H])c([2H])c4n(-c4cc(C(C)(c5ccccc5)c5ccccc5)ccn4)c3c2)cc(N2CN(c3c(/C4=C/C=C\N/C=C\C=C/[B]4)cccc3/C3=C/C=C\N/C=C\C=C/[B]3)c3ccccc32)c([2H])c1[2H]. The van der Waals surface area contributed by atoms with Gasteiger partial charge in [-0.05, 0) is 114 Å². The van der Waals surface area contributed by atoms with Crippen LogP contribution in [0.4, 0.5) is 22.7 Å². The summed E-state index contributed by atoms with van der Waals surface area (Å²) < 4.78 is 72.8. The fourth-order valence-electron chi connectivity index (χ4n) is 10.2. The maximum Gasteiger partial charge on any atom is 0.182 e. The normalized spacial score (nSPS) is 19.6. The second-order valence-corrected chi connectivity index (χ2v) is 18.2. The molecule has 0 spiro atoms. The van der Waals surface area contributed by atoms with Crippen molar-refractivity contribution < 1.29 is 14.3 Å². The van der Waals surface area contributed by atoms with E-state index in [-0.39, 0.29) is 66.0 Å². The van der Waals surface area contributed by atoms with E-state index in [0.29, 0.717) is 27.8 Å². The molecule has 0 aliphatic carbocycles. The van der Waals surface area contributed by atoms with Gasteiger partial charge in [-0.25, -0.2) is 4.98 Å². The summed E-state index contributed by atoms with van der Waals surface area (Å²) in [5.74, 6) is 4.74. The molecule has 0 fully saturated rings. The third kappa shape index (κ3) is 9.21. The Labute approximate surface area is 450 Å². The van der Waals surface area contributed by atoms with E-state index in [0.717, 1.165) is 55.8 Å². The number of hydrogen-bond donors (Lipinski definition) is 2. The van der Waals surface area contributed by atoms with Crippen LogP contribution in [-0.4, -0.2) is 30.8 Å². The van der Waals surface area contributed by atoms with Gasteiger partial charge in [0.15, 0.2) is 14.6 Å². The first-order chi connectivity index (χ1) is 40.0. The smallest absolute Gasteiger partial charge is 0.182 e. The lowest BCUT2D eigenvalue weighted by molar-refractivity contribution is 0.483. The first-order valence-electron chi connectivity index (χ1n) is 28.3. The lowest BCUT2D eigenvalue weighted by atomic mass is 9.63. The highest BCUT2D eigenvalue weighted by Crippen LogP contribution is 2.49. The molecular formula is C66H52B2N6O. The highest BCUT2D eigenvalue weighted by molar-refractivity contribution is 6.67. The lowest BCUT2D eigenvalue weighted by Gasteiger charge is -2.32. The number of hydrogen-bond acceptors (Lipinski definition) is 6. The summed E-state index contributed by atoms with van der Waals surface area (Å²) in [5.41, 5.74) is 9.80. The van der Waals surface area contributed by atoms with Gasteiger partial charge in [0, 0.05) is 65.0 Å². The number of nitrogens with zero attached hydrogens (tertiary/aromatic N) is 4. The highest BCUT2D eigenvalue weighted by Gasteiger charge is 2.33. The van der Waals surface area contributed by atoms with Crippen LogP contribution < -0.4 is 25.2 Å². The van der Waals surface area contributed by atoms with Gasteiger partial charge in [-0.1, -0.05) is 150 Å². The van der Waals surface area contributed by atoms with E-state index >= 15 is 0 Å². The minimum absolute atomic E-state index is 0.0332. The summed E-state index contributed by atoms with van der Waals surface area (Å²) >= 11 is 0. The van der Waals surface area contributed by atoms with Crippen LogP contribution in [0.2, 0.25) is 0 Å². The number of nitrogens with one attached hydrogen (secondary N) is 2. The molecule has 12 rings (SSSR count). The molecule has 7 nitrogen and oxygen atoms in total. The molecule has 5 heterocycles. The van der Waals surface area contributed by atoms with Gasteiger partial charge in [-0.2, -0.15) is 0 Å². The van der Waals surface area contributed by atoms with Crippen molar-refractivity contribution in [3.8, 4) is 17.3 Å². The van der Waals surface area contributed by atoms with Crippen molar-refractivity contribution in [2.45, 2.75) is 12.3 Å². The number of aromatic nitrogens is 2. The molecular weight excluding hydrogens is 914 g/mol. The zero-order chi connectivity index (χ0) is 56.5. The van der Waals surface area contributed by atoms with E-state index in [2.05, 4.69) is 97.7 Å². The maximum absolute atomic E-state index is 9.52. The number of pyridine rings is 1. The summed E-state index contributed by atoms with van der Waals surface area (Å²) in [4.78, 5) is 9.13. The van der Waals surface area contributed by atoms with Gasteiger partial charge >= 0.3 is 0 Å². The Morgan fingerprint density at radius 2 is 1.19 bits per heavy atom. The second-order valence-electron chi connectivity index (χ2n) is 18.2. The Hall–Kier alpha value is -9.46. The quantitative estimate of drug-likeness (QED) is 0.133. The molecule has 0 saturated heterocycles. The third-order valence-electron chi connectivity index (χ3n) is 13.8. The Morgan fingerprint density at radius 1 is 0.547 bits per heavy atom. The Bertz CT molecular complexity index is 4140. The number of rotatable bonds is 10. The molecule has 3 aliphatic rings. The summed E-state index contributed by atoms with van der Waals surface area (Å²) in [6, 6.07) is 43.6. The van der Waals surface area contributed by atoms with E-state index in [4.69, 9.17) is 12.5 Å². The monoisotopic (exact) mass is 973 g/mol. The number of para-hydroxylation sites is 4. The Balaban J connectivity index is 0.984. The van der Waals surface area contributed by atoms with Crippen LogP contribution in [0.1, 0.15) is 44.3 Å². The van der Waals surface area contributed by atoms with Crippen molar-refractivity contribution in [3.05, 3.63) is 301 Å². The number of ether oxygens (including phenoxy) is 1. The van der Waals surface area contributed by atoms with E-state index in [1.165, 1.54) is 0 Å². The van der Waals surface area contributed by atoms with Crippen molar-refractivity contribution in [1.29, 1.82) is 0 Å². The fourth-order valence-corrected chi connectivity index (χ4v) is 10.2. The zero-order valence-electron chi connectivity index (χ0n) is 48.0. The molecule has 75 heavy (non-hydrogen) atoms. The number of benzene rings is 7. The summed E-state index contributed by atoms with van der Waals surface area (Å²) in [5, 5.41) is 7.23. The predicted molar refractivity (Wildman–Crippen MR) is 314 cm³/mol. The molecule has 0 amide bonds. The zero-order valence-corrected chi connectivity index (χ0v) is 41.0. The number of fused-ring (bicyclic) bond motifs is 4. The Kier molecular flexibility index (Phi) is 10.9. The molecule has 3 aliphatic heterocycles. The molecule has 2 N–H and O–H groups in total. The largest absolute Gasteiger partial charge is 0.457 e. The first kappa shape index (κ1) is 39.1. The van der Waals surface area contributed by atoms with Crippen LogP contribution in [0.15, 0.2) is 273 Å². The molecule has 0 unspecified atom stereocenters. The molecule has 0 atom stereocenters. The second kappa shape index (κ2) is 20.9. The van der Waals surface area contributed by atoms with Crippen molar-refractivity contribution in [2.24, 2.45) is 0 Å². The molecule has 0 bridgehead atoms. The van der Waals surface area contributed by atoms with Gasteiger partial charge in [-0.3, -0.25) is 4.57 Å². The van der Waals surface area contributed by atoms with Crippen molar-refractivity contribution >= 4 is 70.1 Å². The van der Waals surface area contributed by atoms with Gasteiger partial charge in [0.25, 0.3) is 0 Å². The van der Waals surface area contributed by atoms with Crippen LogP contribution in [0.5, 0.6) is 11.5 Å². The molecule has 0 saturated carbocycles. The summed E-state index contributed by atoms with van der Waals surface area (Å²) in [6.07, 6.45) is 25.1. The van der Waals surface area contributed by atoms with Crippen molar-refractivity contribution in [3.63, 3.8) is 0 Å². The van der Waals surface area contributed by atoms with Crippen LogP contribution >= 0.6 is 0 Å². The minimum atomic E-state index is -0.658. The number of anilines is 4. The van der Waals surface area contributed by atoms with Gasteiger partial charge in [0.1, 0.15) is 24.0 Å². The molecule has 2 radical (unpaired) electrons. The first-order valence-corrected chi connectivity index (χ1v) is 24.8. The Morgan fingerprint density at radius 3 is 1.88 bits per heavy atom. The van der Waals surface area contributed by atoms with Crippen LogP contribution in [-0.2, 0) is 5.41 Å². The fraction of sp³-hybridized carbons (Fsp3) is 0.0455. The molecule has 7 aromatic carbocycles. The molecule has 358 valence electrons. The molecule has 9 aromatic rings. The van der Waals surface area contributed by atoms with Crippen molar-refractivity contribution in [1.82, 2.24) is 20.2 Å². The van der Waals surface area contributed by atoms with Gasteiger partial charge in [-0.15, -0.1) is 12.0 Å². The van der Waals surface area contributed by atoms with E-state index < -0.39 is 5.41 Å². The molecule has 2 aromatic heterocycles. The van der Waals surface area contributed by atoms with Gasteiger partial charge in [0.05, 0.1) is 37.7 Å². The van der Waals surface area contributed by atoms with Gasteiger partial charge in [0.2, 0.25) is 0 Å². The minimum Gasteiger partial charge on any atom is -0.457 e. The highest BCUT2D eigenvalue weighted by atomic mass is 16.5. The predicted octanol–water partition coefficient (Wildman–Crippen LogP) is 15.0. The summed E-state index contributed by atoms with van der Waals surface area (Å²) in [6.45, 7) is 2.39. The van der Waals surface area contributed by atoms with Crippen LogP contribution in [0.3, 0.4) is 0 Å². The third-order valence-corrected chi connectivity index (χ3v) is 13.8. The average Bonchev–Trinajstić information content (AvgIpc) is 4.14. The van der Waals surface area contributed by atoms with Crippen molar-refractivity contribution in [2.75, 3.05) is 16.5 Å². The molecule has 9 heteroatoms. The van der Waals surface area contributed by atoms with E-state index in [9.17, 15) is 6.85 Å². The van der Waals surface area contributed by atoms with Gasteiger partial charge < -0.3 is 25.2 Å². The van der Waals surface area contributed by atoms with Crippen LogP contribution in [0.25, 0.3) is 38.6 Å². The maximum atomic E-state index is 9.52. The average molecular weight is 974 g/mol. The van der Waals surface area contributed by atoms with Crippen LogP contribution in [0, 0.1) is 0 Å². The van der Waals surface area contributed by atoms with E-state index in [1.807, 2.05) is 145 Å². The summed E-state index contributed by atoms with van der Waals surface area (Å²) in [7, 11) is 4.17.